The predicted octanol–water partition coefficient (Wildman–Crippen LogP) is 2.36. The second-order valence-electron chi connectivity index (χ2n) is 6.95. The highest BCUT2D eigenvalue weighted by atomic mass is 16.7. The number of hydrazine groups is 1. The highest BCUT2D eigenvalue weighted by Crippen LogP contribution is 2.37. The lowest BCUT2D eigenvalue weighted by molar-refractivity contribution is -0.141. The van der Waals surface area contributed by atoms with Crippen LogP contribution in [0.2, 0.25) is 0 Å². The van der Waals surface area contributed by atoms with Gasteiger partial charge in [0.2, 0.25) is 12.7 Å². The quantitative estimate of drug-likeness (QED) is 0.757. The standard InChI is InChI=1S/C21H22N4O4/c1-2-3-4-19(26)23-25-20(27)10-14-9-17-18(29-12-28-17)11-16(14)21(24-25)13-5-7-15(22)8-6-13/h5-9,11H,2-4,10,12,22H2,1H3,(H,23,26). The van der Waals surface area contributed by atoms with Crippen LogP contribution in [0.5, 0.6) is 11.5 Å². The molecule has 0 aliphatic carbocycles. The molecule has 29 heavy (non-hydrogen) atoms. The molecule has 0 atom stereocenters. The van der Waals surface area contributed by atoms with Crippen LogP contribution in [-0.2, 0) is 16.0 Å². The summed E-state index contributed by atoms with van der Waals surface area (Å²) in [5.74, 6) is 0.606. The summed E-state index contributed by atoms with van der Waals surface area (Å²) in [7, 11) is 0. The summed E-state index contributed by atoms with van der Waals surface area (Å²) in [4.78, 5) is 25.1. The van der Waals surface area contributed by atoms with Crippen LogP contribution in [0.4, 0.5) is 5.69 Å². The Kier molecular flexibility index (Phi) is 5.07. The Hall–Kier alpha value is -3.55. The summed E-state index contributed by atoms with van der Waals surface area (Å²) in [5, 5.41) is 5.54. The van der Waals surface area contributed by atoms with Gasteiger partial charge >= 0.3 is 0 Å². The maximum Gasteiger partial charge on any atom is 0.266 e. The highest BCUT2D eigenvalue weighted by Gasteiger charge is 2.28. The zero-order chi connectivity index (χ0) is 20.4. The molecule has 0 bridgehead atoms. The number of nitrogens with two attached hydrogens (primary N) is 1. The number of benzene rings is 2. The second-order valence-corrected chi connectivity index (χ2v) is 6.95. The molecule has 3 N–H and O–H groups in total. The predicted molar refractivity (Wildman–Crippen MR) is 107 cm³/mol. The molecule has 2 aliphatic rings. The van der Waals surface area contributed by atoms with Gasteiger partial charge in [-0.3, -0.25) is 9.59 Å². The first-order valence-corrected chi connectivity index (χ1v) is 9.55. The molecule has 2 heterocycles. The number of amides is 2. The van der Waals surface area contributed by atoms with Crippen LogP contribution in [0.15, 0.2) is 41.5 Å². The SMILES string of the molecule is CCCCC(=O)NN1N=C(c2ccc(N)cc2)c2cc3c(cc2CC1=O)OCO3. The van der Waals surface area contributed by atoms with E-state index in [2.05, 4.69) is 10.5 Å². The lowest BCUT2D eigenvalue weighted by atomic mass is 9.95. The first kappa shape index (κ1) is 18.8. The second kappa shape index (κ2) is 7.83. The van der Waals surface area contributed by atoms with E-state index < -0.39 is 0 Å². The van der Waals surface area contributed by atoms with Crippen molar-refractivity contribution in [2.24, 2.45) is 5.10 Å². The first-order valence-electron chi connectivity index (χ1n) is 9.55. The average molecular weight is 394 g/mol. The number of anilines is 1. The summed E-state index contributed by atoms with van der Waals surface area (Å²) in [6, 6.07) is 10.8. The number of nitrogens with zero attached hydrogens (tertiary/aromatic N) is 2. The fraction of sp³-hybridized carbons (Fsp3) is 0.286. The molecule has 0 radical (unpaired) electrons. The van der Waals surface area contributed by atoms with Gasteiger partial charge in [-0.1, -0.05) is 25.5 Å². The van der Waals surface area contributed by atoms with Crippen molar-refractivity contribution >= 4 is 23.2 Å². The van der Waals surface area contributed by atoms with E-state index >= 15 is 0 Å². The lowest BCUT2D eigenvalue weighted by Gasteiger charge is -2.17. The van der Waals surface area contributed by atoms with Gasteiger partial charge in [-0.2, -0.15) is 0 Å². The normalized spacial score (nSPS) is 14.9. The number of unbranched alkanes of at least 4 members (excludes halogenated alkanes) is 1. The van der Waals surface area contributed by atoms with E-state index in [4.69, 9.17) is 15.2 Å². The van der Waals surface area contributed by atoms with Gasteiger partial charge in [0, 0.05) is 23.2 Å². The van der Waals surface area contributed by atoms with Crippen molar-refractivity contribution in [3.05, 3.63) is 53.1 Å². The smallest absolute Gasteiger partial charge is 0.266 e. The zero-order valence-corrected chi connectivity index (χ0v) is 16.1. The summed E-state index contributed by atoms with van der Waals surface area (Å²) in [5.41, 5.74) is 11.9. The van der Waals surface area contributed by atoms with E-state index in [1.54, 1.807) is 18.2 Å². The Labute approximate surface area is 168 Å². The summed E-state index contributed by atoms with van der Waals surface area (Å²) >= 11 is 0. The van der Waals surface area contributed by atoms with Gasteiger partial charge in [-0.05, 0) is 36.2 Å². The van der Waals surface area contributed by atoms with Crippen LogP contribution >= 0.6 is 0 Å². The Morgan fingerprint density at radius 3 is 2.66 bits per heavy atom. The maximum atomic E-state index is 12.8. The highest BCUT2D eigenvalue weighted by molar-refractivity contribution is 6.15. The van der Waals surface area contributed by atoms with Crippen molar-refractivity contribution in [2.45, 2.75) is 32.6 Å². The molecule has 8 heteroatoms. The monoisotopic (exact) mass is 394 g/mol. The van der Waals surface area contributed by atoms with Crippen molar-refractivity contribution in [3.63, 3.8) is 0 Å². The van der Waals surface area contributed by atoms with E-state index in [1.165, 1.54) is 0 Å². The number of rotatable bonds is 5. The van der Waals surface area contributed by atoms with Gasteiger partial charge in [0.1, 0.15) is 5.71 Å². The maximum absolute atomic E-state index is 12.8. The van der Waals surface area contributed by atoms with Crippen LogP contribution in [-0.4, -0.2) is 29.4 Å². The number of fused-ring (bicyclic) bond motifs is 2. The Bertz CT molecular complexity index is 985. The number of carbonyl (C=O) groups is 2. The van der Waals surface area contributed by atoms with Gasteiger partial charge in [-0.25, -0.2) is 5.43 Å². The molecule has 4 rings (SSSR count). The van der Waals surface area contributed by atoms with Gasteiger partial charge in [0.25, 0.3) is 5.91 Å². The van der Waals surface area contributed by atoms with Crippen molar-refractivity contribution in [1.29, 1.82) is 0 Å². The van der Waals surface area contributed by atoms with Crippen LogP contribution in [0, 0.1) is 0 Å². The molecule has 2 aromatic carbocycles. The molecule has 0 fully saturated rings. The van der Waals surface area contributed by atoms with Crippen molar-refractivity contribution < 1.29 is 19.1 Å². The molecule has 2 amide bonds. The molecule has 2 aromatic rings. The molecule has 0 spiro atoms. The average Bonchev–Trinajstić information content (AvgIpc) is 3.12. The molecule has 0 saturated carbocycles. The largest absolute Gasteiger partial charge is 0.454 e. The van der Waals surface area contributed by atoms with Gasteiger partial charge < -0.3 is 15.2 Å². The first-order chi connectivity index (χ1) is 14.0. The van der Waals surface area contributed by atoms with E-state index in [9.17, 15) is 9.59 Å². The number of nitrogens with one attached hydrogen (secondary N) is 1. The molecule has 150 valence electrons. The Balaban J connectivity index is 1.77. The van der Waals surface area contributed by atoms with E-state index in [0.29, 0.717) is 29.3 Å². The van der Waals surface area contributed by atoms with E-state index in [-0.39, 0.29) is 25.0 Å². The number of hydrogen-bond acceptors (Lipinski definition) is 6. The van der Waals surface area contributed by atoms with Crippen LogP contribution < -0.4 is 20.6 Å². The minimum Gasteiger partial charge on any atom is -0.454 e. The summed E-state index contributed by atoms with van der Waals surface area (Å²) < 4.78 is 11.0. The topological polar surface area (TPSA) is 106 Å². The van der Waals surface area contributed by atoms with Crippen LogP contribution in [0.25, 0.3) is 0 Å². The lowest BCUT2D eigenvalue weighted by Crippen LogP contribution is -2.43. The number of hydrazone groups is 1. The third-order valence-electron chi connectivity index (χ3n) is 4.80. The molecular formula is C21H22N4O4. The van der Waals surface area contributed by atoms with Crippen molar-refractivity contribution in [1.82, 2.24) is 10.5 Å². The van der Waals surface area contributed by atoms with E-state index in [0.717, 1.165) is 34.6 Å². The van der Waals surface area contributed by atoms with Crippen LogP contribution in [0.3, 0.4) is 0 Å². The molecule has 2 aliphatic heterocycles. The number of hydrogen-bond donors (Lipinski definition) is 2. The number of nitrogen functional groups attached to an aromatic ring is 1. The Morgan fingerprint density at radius 2 is 1.93 bits per heavy atom. The number of carbonyl (C=O) groups excluding carboxylic acids is 2. The fourth-order valence-electron chi connectivity index (χ4n) is 3.25. The molecule has 0 unspecified atom stereocenters. The minimum atomic E-state index is -0.333. The van der Waals surface area contributed by atoms with Crippen LogP contribution in [0.1, 0.15) is 42.9 Å². The molecule has 0 aromatic heterocycles. The fourth-order valence-corrected chi connectivity index (χ4v) is 3.25. The minimum absolute atomic E-state index is 0.0714. The van der Waals surface area contributed by atoms with Crippen molar-refractivity contribution in [3.8, 4) is 11.5 Å². The van der Waals surface area contributed by atoms with Crippen molar-refractivity contribution in [2.75, 3.05) is 12.5 Å². The number of ether oxygens (including phenoxy) is 2. The summed E-state index contributed by atoms with van der Waals surface area (Å²) in [6.07, 6.45) is 2.03. The van der Waals surface area contributed by atoms with Gasteiger partial charge in [-0.15, -0.1) is 10.2 Å². The Morgan fingerprint density at radius 1 is 1.21 bits per heavy atom. The molecule has 8 nitrogen and oxygen atoms in total. The molecule has 0 saturated heterocycles. The third kappa shape index (κ3) is 3.87. The molecular weight excluding hydrogens is 372 g/mol. The third-order valence-corrected chi connectivity index (χ3v) is 4.80. The van der Waals surface area contributed by atoms with E-state index in [1.807, 2.05) is 25.1 Å². The zero-order valence-electron chi connectivity index (χ0n) is 16.1. The van der Waals surface area contributed by atoms with Gasteiger partial charge in [0.15, 0.2) is 11.5 Å². The summed E-state index contributed by atoms with van der Waals surface area (Å²) in [6.45, 7) is 2.14. The van der Waals surface area contributed by atoms with Gasteiger partial charge in [0.05, 0.1) is 6.42 Å².